The molecule has 1 rings (SSSR count). The summed E-state index contributed by atoms with van der Waals surface area (Å²) in [6, 6.07) is 4.36. The topological polar surface area (TPSA) is 89.5 Å². The molecule has 0 saturated heterocycles. The van der Waals surface area contributed by atoms with Gasteiger partial charge in [-0.1, -0.05) is 6.92 Å². The van der Waals surface area contributed by atoms with Crippen molar-refractivity contribution in [1.29, 1.82) is 0 Å². The van der Waals surface area contributed by atoms with Gasteiger partial charge in [0, 0.05) is 6.42 Å². The summed E-state index contributed by atoms with van der Waals surface area (Å²) in [5, 5.41) is 0. The van der Waals surface area contributed by atoms with Gasteiger partial charge in [-0.3, -0.25) is 0 Å². The Labute approximate surface area is 239 Å². The Bertz CT molecular complexity index is 987. The standard InChI is InChI=1S/C11H12O5.C8H10F8O3.C3H2F6/c1-14-9-5-7(10(12)15-2)4-8(6-9)11(13)16-3;1-2-6(10,11)3-17-7(12,13)4-18-8(14,15)5(9)19-16;4-1-2(5,6)3(7,8)9/h4-6H,1-3H3;5H,2-4H2,1H3;1H2. The Kier molecular flexibility index (Phi) is 17.6. The lowest BCUT2D eigenvalue weighted by Crippen LogP contribution is -2.40. The maximum atomic E-state index is 12.7. The number of esters is 2. The van der Waals surface area contributed by atoms with Gasteiger partial charge in [0.1, 0.15) is 19.0 Å². The fraction of sp³-hybridized carbons (Fsp3) is 0.636. The van der Waals surface area contributed by atoms with Gasteiger partial charge in [0.25, 0.3) is 5.92 Å². The molecule has 0 aliphatic carbocycles. The molecule has 0 heterocycles. The summed E-state index contributed by atoms with van der Waals surface area (Å²) in [5.74, 6) is -9.46. The first-order valence-corrected chi connectivity index (χ1v) is 11.1. The smallest absolute Gasteiger partial charge is 0.456 e. The fourth-order valence-corrected chi connectivity index (χ4v) is 1.92. The summed E-state index contributed by atoms with van der Waals surface area (Å²) in [7, 11) is 3.97. The molecule has 0 N–H and O–H groups in total. The third-order valence-electron chi connectivity index (χ3n) is 4.35. The third kappa shape index (κ3) is 15.5. The Balaban J connectivity index is 0. The maximum absolute atomic E-state index is 12.7. The molecule has 44 heavy (non-hydrogen) atoms. The van der Waals surface area contributed by atoms with Crippen LogP contribution in [-0.4, -0.2) is 89.8 Å². The van der Waals surface area contributed by atoms with Crippen LogP contribution in [0.5, 0.6) is 5.75 Å². The van der Waals surface area contributed by atoms with E-state index in [4.69, 9.17) is 4.74 Å². The number of rotatable bonds is 13. The van der Waals surface area contributed by atoms with Crippen molar-refractivity contribution in [2.45, 2.75) is 49.9 Å². The van der Waals surface area contributed by atoms with Gasteiger partial charge in [-0.25, -0.2) is 27.2 Å². The number of hydrogen-bond donors (Lipinski definition) is 0. The van der Waals surface area contributed by atoms with Crippen molar-refractivity contribution in [3.05, 3.63) is 29.3 Å². The van der Waals surface area contributed by atoms with Gasteiger partial charge in [-0.05, 0) is 22.7 Å². The molecular formula is C22H24F14O8. The van der Waals surface area contributed by atoms with Crippen molar-refractivity contribution in [2.24, 2.45) is 0 Å². The first-order chi connectivity index (χ1) is 19.9. The van der Waals surface area contributed by atoms with Crippen LogP contribution in [0.25, 0.3) is 0 Å². The van der Waals surface area contributed by atoms with Gasteiger partial charge in [0.2, 0.25) is 0 Å². The minimum Gasteiger partial charge on any atom is -0.497 e. The van der Waals surface area contributed by atoms with E-state index in [-0.39, 0.29) is 11.1 Å². The van der Waals surface area contributed by atoms with E-state index in [0.29, 0.717) is 5.75 Å². The number of methoxy groups -OCH3 is 3. The number of alkyl halides is 13. The normalized spacial score (nSPS) is 13.0. The predicted molar refractivity (Wildman–Crippen MR) is 117 cm³/mol. The molecule has 1 aromatic rings. The van der Waals surface area contributed by atoms with Crippen molar-refractivity contribution in [1.82, 2.24) is 0 Å². The van der Waals surface area contributed by atoms with Crippen LogP contribution in [0, 0.1) is 0 Å². The van der Waals surface area contributed by atoms with Gasteiger partial charge in [0.05, 0.1) is 32.5 Å². The number of halogens is 14. The third-order valence-corrected chi connectivity index (χ3v) is 4.35. The van der Waals surface area contributed by atoms with Gasteiger partial charge in [0.15, 0.2) is 6.67 Å². The summed E-state index contributed by atoms with van der Waals surface area (Å²) in [5.41, 5.74) is 0.476. The molecule has 1 unspecified atom stereocenters. The van der Waals surface area contributed by atoms with Gasteiger partial charge < -0.3 is 23.7 Å². The van der Waals surface area contributed by atoms with Gasteiger partial charge in [-0.2, -0.15) is 39.5 Å². The average Bonchev–Trinajstić information content (AvgIpc) is 2.97. The van der Waals surface area contributed by atoms with Crippen molar-refractivity contribution >= 4 is 11.9 Å². The summed E-state index contributed by atoms with van der Waals surface area (Å²) < 4.78 is 185. The highest BCUT2D eigenvalue weighted by Crippen LogP contribution is 2.35. The molecule has 0 bridgehead atoms. The summed E-state index contributed by atoms with van der Waals surface area (Å²) >= 11 is 0. The SMILES string of the molecule is CCC(F)(F)COC(F)(F)COC(F)(F)C(F)OF.COC(=O)c1cc(OC)cc(C(=O)OC)c1.FCC(F)(F)C(F)(F)F. The molecule has 0 amide bonds. The van der Waals surface area contributed by atoms with Crippen LogP contribution in [-0.2, 0) is 23.9 Å². The fourth-order valence-electron chi connectivity index (χ4n) is 1.92. The second-order valence-corrected chi connectivity index (χ2v) is 7.66. The van der Waals surface area contributed by atoms with Crippen molar-refractivity contribution in [3.8, 4) is 5.75 Å². The summed E-state index contributed by atoms with van der Waals surface area (Å²) in [4.78, 5) is 24.7. The minimum absolute atomic E-state index is 0.238. The highest BCUT2D eigenvalue weighted by atomic mass is 19.4. The first-order valence-electron chi connectivity index (χ1n) is 11.1. The van der Waals surface area contributed by atoms with Crippen molar-refractivity contribution in [2.75, 3.05) is 41.2 Å². The molecule has 0 aromatic heterocycles. The number of benzene rings is 1. The zero-order chi connectivity index (χ0) is 35.2. The number of carbonyl (C=O) groups excluding carboxylic acids is 2. The molecule has 0 aliphatic heterocycles. The van der Waals surface area contributed by atoms with E-state index in [1.807, 2.05) is 0 Å². The van der Waals surface area contributed by atoms with Crippen LogP contribution in [0.3, 0.4) is 0 Å². The molecule has 0 radical (unpaired) electrons. The molecule has 1 aromatic carbocycles. The molecule has 0 fully saturated rings. The Morgan fingerprint density at radius 3 is 1.52 bits per heavy atom. The van der Waals surface area contributed by atoms with E-state index in [1.165, 1.54) is 39.5 Å². The van der Waals surface area contributed by atoms with Gasteiger partial charge in [-0.15, -0.1) is 4.94 Å². The van der Waals surface area contributed by atoms with Crippen LogP contribution >= 0.6 is 0 Å². The lowest BCUT2D eigenvalue weighted by atomic mass is 10.1. The zero-order valence-electron chi connectivity index (χ0n) is 22.7. The monoisotopic (exact) mass is 682 g/mol. The van der Waals surface area contributed by atoms with E-state index in [1.54, 1.807) is 0 Å². The van der Waals surface area contributed by atoms with Crippen molar-refractivity contribution < 1.29 is 99.8 Å². The highest BCUT2D eigenvalue weighted by Gasteiger charge is 2.57. The van der Waals surface area contributed by atoms with Crippen LogP contribution in [0.2, 0.25) is 0 Å². The molecular weight excluding hydrogens is 658 g/mol. The maximum Gasteiger partial charge on any atom is 0.456 e. The number of carbonyl (C=O) groups is 2. The largest absolute Gasteiger partial charge is 0.497 e. The van der Waals surface area contributed by atoms with Crippen LogP contribution in [0.15, 0.2) is 18.2 Å². The van der Waals surface area contributed by atoms with Crippen LogP contribution in [0.1, 0.15) is 34.1 Å². The molecule has 0 spiro atoms. The summed E-state index contributed by atoms with van der Waals surface area (Å²) in [6.07, 6.45) is -20.1. The van der Waals surface area contributed by atoms with E-state index in [2.05, 4.69) is 23.9 Å². The summed E-state index contributed by atoms with van der Waals surface area (Å²) in [6.45, 7) is -5.72. The zero-order valence-corrected chi connectivity index (χ0v) is 22.7. The number of hydrogen-bond acceptors (Lipinski definition) is 8. The first kappa shape index (κ1) is 43.0. The lowest BCUT2D eigenvalue weighted by molar-refractivity contribution is -0.400. The second kappa shape index (κ2) is 18.0. The van der Waals surface area contributed by atoms with Crippen LogP contribution in [0.4, 0.5) is 61.6 Å². The van der Waals surface area contributed by atoms with E-state index < -0.39 is 74.8 Å². The lowest BCUT2D eigenvalue weighted by Gasteiger charge is -2.23. The molecule has 8 nitrogen and oxygen atoms in total. The molecule has 0 aliphatic rings. The Hall–Kier alpha value is -3.14. The highest BCUT2D eigenvalue weighted by molar-refractivity contribution is 5.96. The Morgan fingerprint density at radius 2 is 1.23 bits per heavy atom. The average molecular weight is 682 g/mol. The Morgan fingerprint density at radius 1 is 0.773 bits per heavy atom. The molecule has 258 valence electrons. The van der Waals surface area contributed by atoms with Gasteiger partial charge >= 0.3 is 42.6 Å². The number of ether oxygens (including phenoxy) is 5. The molecule has 22 heteroatoms. The predicted octanol–water partition coefficient (Wildman–Crippen LogP) is 6.87. The molecule has 1 atom stereocenters. The minimum atomic E-state index is -5.76. The van der Waals surface area contributed by atoms with E-state index in [0.717, 1.165) is 6.92 Å². The van der Waals surface area contributed by atoms with E-state index in [9.17, 15) is 71.2 Å². The quantitative estimate of drug-likeness (QED) is 0.165. The van der Waals surface area contributed by atoms with Crippen molar-refractivity contribution in [3.63, 3.8) is 0 Å². The van der Waals surface area contributed by atoms with Crippen LogP contribution < -0.4 is 4.74 Å². The van der Waals surface area contributed by atoms with E-state index >= 15 is 0 Å². The molecule has 0 saturated carbocycles. The second-order valence-electron chi connectivity index (χ2n) is 7.66.